The van der Waals surface area contributed by atoms with E-state index in [4.69, 9.17) is 0 Å². The molecule has 2 fully saturated rings. The first-order valence-electron chi connectivity index (χ1n) is 5.99. The first kappa shape index (κ1) is 11.1. The van der Waals surface area contributed by atoms with Crippen LogP contribution in [0.2, 0.25) is 0 Å². The molecule has 1 aliphatic carbocycles. The number of carbonyl (C=O) groups is 1. The molecule has 0 atom stereocenters. The van der Waals surface area contributed by atoms with Gasteiger partial charge in [-0.1, -0.05) is 19.3 Å². The molecule has 0 spiro atoms. The Morgan fingerprint density at radius 2 is 1.80 bits per heavy atom. The van der Waals surface area contributed by atoms with Crippen molar-refractivity contribution in [2.45, 2.75) is 38.1 Å². The van der Waals surface area contributed by atoms with Crippen molar-refractivity contribution in [3.63, 3.8) is 0 Å². The predicted octanol–water partition coefficient (Wildman–Crippen LogP) is 2.08. The molecular weight excluding hydrogens is 208 g/mol. The topological polar surface area (TPSA) is 32.3 Å². The summed E-state index contributed by atoms with van der Waals surface area (Å²) in [6, 6.07) is 0.614. The van der Waals surface area contributed by atoms with E-state index in [2.05, 4.69) is 5.32 Å². The highest BCUT2D eigenvalue weighted by atomic mass is 32.2. The summed E-state index contributed by atoms with van der Waals surface area (Å²) >= 11 is 1.94. The summed E-state index contributed by atoms with van der Waals surface area (Å²) in [5, 5.41) is 3.17. The Balaban J connectivity index is 1.74. The molecule has 1 heterocycles. The summed E-state index contributed by atoms with van der Waals surface area (Å²) in [6.07, 6.45) is 6.25. The van der Waals surface area contributed by atoms with Crippen LogP contribution in [0.25, 0.3) is 0 Å². The van der Waals surface area contributed by atoms with Crippen molar-refractivity contribution in [1.29, 1.82) is 0 Å². The Hall–Kier alpha value is -0.380. The van der Waals surface area contributed by atoms with Gasteiger partial charge in [0.05, 0.1) is 0 Å². The van der Waals surface area contributed by atoms with Crippen LogP contribution in [0, 0.1) is 0 Å². The maximum absolute atomic E-state index is 11.9. The van der Waals surface area contributed by atoms with E-state index in [9.17, 15) is 4.79 Å². The van der Waals surface area contributed by atoms with Crippen molar-refractivity contribution in [2.24, 2.45) is 0 Å². The van der Waals surface area contributed by atoms with Gasteiger partial charge in [0.2, 0.25) is 0 Å². The molecule has 2 amide bonds. The van der Waals surface area contributed by atoms with E-state index < -0.39 is 0 Å². The van der Waals surface area contributed by atoms with Gasteiger partial charge in [-0.2, -0.15) is 11.8 Å². The maximum Gasteiger partial charge on any atom is 0.317 e. The van der Waals surface area contributed by atoms with Crippen LogP contribution in [0.4, 0.5) is 4.79 Å². The molecule has 3 nitrogen and oxygen atoms in total. The lowest BCUT2D eigenvalue weighted by molar-refractivity contribution is 0.195. The number of urea groups is 1. The van der Waals surface area contributed by atoms with E-state index >= 15 is 0 Å². The van der Waals surface area contributed by atoms with Gasteiger partial charge in [0, 0.05) is 30.6 Å². The minimum atomic E-state index is 0.169. The van der Waals surface area contributed by atoms with Crippen LogP contribution in [-0.4, -0.2) is 41.6 Å². The maximum atomic E-state index is 11.9. The number of nitrogens with zero attached hydrogens (tertiary/aromatic N) is 1. The monoisotopic (exact) mass is 228 g/mol. The predicted molar refractivity (Wildman–Crippen MR) is 64.3 cm³/mol. The van der Waals surface area contributed by atoms with Gasteiger partial charge in [-0.3, -0.25) is 0 Å². The second-order valence-electron chi connectivity index (χ2n) is 4.38. The van der Waals surface area contributed by atoms with Crippen molar-refractivity contribution < 1.29 is 4.79 Å². The van der Waals surface area contributed by atoms with Crippen molar-refractivity contribution in [3.05, 3.63) is 0 Å². The van der Waals surface area contributed by atoms with E-state index in [1.165, 1.54) is 32.1 Å². The molecule has 2 aliphatic rings. The highest BCUT2D eigenvalue weighted by Crippen LogP contribution is 2.18. The van der Waals surface area contributed by atoms with Gasteiger partial charge in [-0.15, -0.1) is 0 Å². The molecule has 1 saturated carbocycles. The smallest absolute Gasteiger partial charge is 0.317 e. The number of thioether (sulfide) groups is 1. The van der Waals surface area contributed by atoms with Crippen LogP contribution in [0.1, 0.15) is 32.1 Å². The van der Waals surface area contributed by atoms with Crippen molar-refractivity contribution >= 4 is 17.8 Å². The van der Waals surface area contributed by atoms with Crippen molar-refractivity contribution in [1.82, 2.24) is 10.2 Å². The molecule has 2 rings (SSSR count). The van der Waals surface area contributed by atoms with E-state index in [-0.39, 0.29) is 6.03 Å². The summed E-state index contributed by atoms with van der Waals surface area (Å²) in [4.78, 5) is 13.8. The van der Waals surface area contributed by atoms with Crippen LogP contribution in [0.15, 0.2) is 0 Å². The number of hydrogen-bond acceptors (Lipinski definition) is 2. The highest BCUT2D eigenvalue weighted by Gasteiger charge is 2.20. The zero-order valence-electron chi connectivity index (χ0n) is 9.21. The third-order valence-corrected chi connectivity index (χ3v) is 4.17. The molecule has 0 aromatic rings. The SMILES string of the molecule is O=C(NC1CCCCC1)N1CCSCC1. The summed E-state index contributed by atoms with van der Waals surface area (Å²) in [5.41, 5.74) is 0. The number of carbonyl (C=O) groups excluding carboxylic acids is 1. The van der Waals surface area contributed by atoms with Crippen LogP contribution < -0.4 is 5.32 Å². The molecule has 0 aromatic carbocycles. The zero-order valence-corrected chi connectivity index (χ0v) is 10.0. The van der Waals surface area contributed by atoms with Crippen LogP contribution in [-0.2, 0) is 0 Å². The summed E-state index contributed by atoms with van der Waals surface area (Å²) in [7, 11) is 0. The number of hydrogen-bond donors (Lipinski definition) is 1. The average Bonchev–Trinajstić information content (AvgIpc) is 2.31. The second kappa shape index (κ2) is 5.64. The number of amides is 2. The lowest BCUT2D eigenvalue weighted by atomic mass is 9.96. The van der Waals surface area contributed by atoms with Gasteiger partial charge in [0.25, 0.3) is 0 Å². The van der Waals surface area contributed by atoms with Gasteiger partial charge in [0.15, 0.2) is 0 Å². The first-order valence-corrected chi connectivity index (χ1v) is 7.15. The van der Waals surface area contributed by atoms with Crippen molar-refractivity contribution in [3.8, 4) is 0 Å². The fourth-order valence-corrected chi connectivity index (χ4v) is 3.18. The summed E-state index contributed by atoms with van der Waals surface area (Å²) < 4.78 is 0. The Labute approximate surface area is 96.0 Å². The molecule has 86 valence electrons. The number of rotatable bonds is 1. The third-order valence-electron chi connectivity index (χ3n) is 3.23. The standard InChI is InChI=1S/C11H20N2OS/c14-11(13-6-8-15-9-7-13)12-10-4-2-1-3-5-10/h10H,1-9H2,(H,12,14). The van der Waals surface area contributed by atoms with Gasteiger partial charge < -0.3 is 10.2 Å². The minimum absolute atomic E-state index is 0.169. The van der Waals surface area contributed by atoms with E-state index in [0.29, 0.717) is 6.04 Å². The molecule has 4 heteroatoms. The summed E-state index contributed by atoms with van der Waals surface area (Å²) in [6.45, 7) is 1.84. The Morgan fingerprint density at radius 1 is 1.13 bits per heavy atom. The Kier molecular flexibility index (Phi) is 4.18. The van der Waals surface area contributed by atoms with Gasteiger partial charge >= 0.3 is 6.03 Å². The zero-order chi connectivity index (χ0) is 10.5. The van der Waals surface area contributed by atoms with Gasteiger partial charge in [-0.05, 0) is 12.8 Å². The largest absolute Gasteiger partial charge is 0.335 e. The Morgan fingerprint density at radius 3 is 2.47 bits per heavy atom. The second-order valence-corrected chi connectivity index (χ2v) is 5.61. The molecule has 0 aromatic heterocycles. The Bertz CT molecular complexity index is 211. The van der Waals surface area contributed by atoms with Crippen molar-refractivity contribution in [2.75, 3.05) is 24.6 Å². The lowest BCUT2D eigenvalue weighted by Crippen LogP contribution is -2.48. The summed E-state index contributed by atoms with van der Waals surface area (Å²) in [5.74, 6) is 2.19. The highest BCUT2D eigenvalue weighted by molar-refractivity contribution is 7.99. The average molecular weight is 228 g/mol. The molecule has 15 heavy (non-hydrogen) atoms. The normalized spacial score (nSPS) is 23.9. The molecular formula is C11H20N2OS. The quantitative estimate of drug-likeness (QED) is 0.745. The molecule has 0 unspecified atom stereocenters. The molecule has 0 bridgehead atoms. The van der Waals surface area contributed by atoms with Gasteiger partial charge in [0.1, 0.15) is 0 Å². The van der Waals surface area contributed by atoms with Crippen LogP contribution in [0.3, 0.4) is 0 Å². The molecule has 1 aliphatic heterocycles. The van der Waals surface area contributed by atoms with Crippen LogP contribution >= 0.6 is 11.8 Å². The third kappa shape index (κ3) is 3.30. The lowest BCUT2D eigenvalue weighted by Gasteiger charge is -2.30. The molecule has 0 radical (unpaired) electrons. The van der Waals surface area contributed by atoms with Crippen LogP contribution in [0.5, 0.6) is 0 Å². The number of nitrogens with one attached hydrogen (secondary N) is 1. The molecule has 1 N–H and O–H groups in total. The van der Waals surface area contributed by atoms with E-state index in [1.807, 2.05) is 16.7 Å². The molecule has 1 saturated heterocycles. The van der Waals surface area contributed by atoms with Gasteiger partial charge in [-0.25, -0.2) is 4.79 Å². The first-order chi connectivity index (χ1) is 7.36. The fraction of sp³-hybridized carbons (Fsp3) is 0.909. The van der Waals surface area contributed by atoms with E-state index in [1.54, 1.807) is 0 Å². The van der Waals surface area contributed by atoms with E-state index in [0.717, 1.165) is 24.6 Å². The minimum Gasteiger partial charge on any atom is -0.335 e. The fourth-order valence-electron chi connectivity index (χ4n) is 2.28.